The van der Waals surface area contributed by atoms with E-state index in [0.717, 1.165) is 23.8 Å². The number of hydrogen-bond acceptors (Lipinski definition) is 2. The minimum Gasteiger partial charge on any atom is -0.312 e. The van der Waals surface area contributed by atoms with E-state index in [2.05, 4.69) is 17.1 Å². The number of rotatable bonds is 2. The van der Waals surface area contributed by atoms with E-state index in [4.69, 9.17) is 0 Å². The van der Waals surface area contributed by atoms with Crippen molar-refractivity contribution in [3.8, 4) is 0 Å². The molecule has 0 spiro atoms. The van der Waals surface area contributed by atoms with Crippen molar-refractivity contribution >= 4 is 0 Å². The Labute approximate surface area is 106 Å². The number of likely N-dealkylation sites (tertiary alicyclic amines) is 1. The van der Waals surface area contributed by atoms with Crippen molar-refractivity contribution in [2.45, 2.75) is 51.5 Å². The molecule has 0 aromatic carbocycles. The van der Waals surface area contributed by atoms with E-state index in [1.807, 2.05) is 0 Å². The summed E-state index contributed by atoms with van der Waals surface area (Å²) >= 11 is 0. The van der Waals surface area contributed by atoms with Gasteiger partial charge in [0.25, 0.3) is 0 Å². The van der Waals surface area contributed by atoms with Crippen LogP contribution in [0.4, 0.5) is 0 Å². The summed E-state index contributed by atoms with van der Waals surface area (Å²) in [6.07, 6.45) is 8.79. The molecular formula is C15H28N2. The molecule has 2 heterocycles. The van der Waals surface area contributed by atoms with Gasteiger partial charge in [0.05, 0.1) is 0 Å². The molecule has 3 rings (SSSR count). The zero-order chi connectivity index (χ0) is 11.7. The fraction of sp³-hybridized carbons (Fsp3) is 1.00. The van der Waals surface area contributed by atoms with Crippen LogP contribution in [0.25, 0.3) is 0 Å². The molecule has 0 bridgehead atoms. The van der Waals surface area contributed by atoms with Gasteiger partial charge in [-0.15, -0.1) is 0 Å². The number of piperidine rings is 1. The summed E-state index contributed by atoms with van der Waals surface area (Å²) in [7, 11) is 0. The first kappa shape index (κ1) is 12.0. The number of fused-ring (bicyclic) bond motifs is 1. The molecule has 0 amide bonds. The van der Waals surface area contributed by atoms with Crippen molar-refractivity contribution in [2.75, 3.05) is 26.2 Å². The first-order chi connectivity index (χ1) is 8.31. The predicted molar refractivity (Wildman–Crippen MR) is 72.1 cm³/mol. The highest BCUT2D eigenvalue weighted by Gasteiger charge is 2.35. The molecule has 98 valence electrons. The second-order valence-corrected chi connectivity index (χ2v) is 6.81. The molecular weight excluding hydrogens is 208 g/mol. The lowest BCUT2D eigenvalue weighted by Crippen LogP contribution is -2.40. The van der Waals surface area contributed by atoms with Crippen molar-refractivity contribution in [1.29, 1.82) is 0 Å². The van der Waals surface area contributed by atoms with Crippen LogP contribution >= 0.6 is 0 Å². The lowest BCUT2D eigenvalue weighted by Gasteiger charge is -2.29. The number of hydrogen-bond donors (Lipinski definition) is 1. The maximum atomic E-state index is 3.71. The minimum atomic E-state index is 0.825. The molecule has 2 atom stereocenters. The normalized spacial score (nSPS) is 43.6. The van der Waals surface area contributed by atoms with Crippen LogP contribution in [0.15, 0.2) is 0 Å². The van der Waals surface area contributed by atoms with Gasteiger partial charge in [0.15, 0.2) is 0 Å². The fourth-order valence-corrected chi connectivity index (χ4v) is 4.16. The summed E-state index contributed by atoms with van der Waals surface area (Å²) in [5.41, 5.74) is 0. The zero-order valence-electron chi connectivity index (χ0n) is 11.3. The second kappa shape index (κ2) is 5.27. The SMILES string of the molecule is CC1CCC(CN2C[C@@H]3CCCN[C@@H]3C2)CC1. The summed E-state index contributed by atoms with van der Waals surface area (Å²) in [6, 6.07) is 0.825. The first-order valence-corrected chi connectivity index (χ1v) is 7.77. The highest BCUT2D eigenvalue weighted by Crippen LogP contribution is 2.31. The molecule has 3 fully saturated rings. The molecule has 2 saturated heterocycles. The van der Waals surface area contributed by atoms with Crippen LogP contribution in [-0.2, 0) is 0 Å². The molecule has 0 unspecified atom stereocenters. The minimum absolute atomic E-state index is 0.825. The van der Waals surface area contributed by atoms with Gasteiger partial charge in [-0.1, -0.05) is 19.8 Å². The van der Waals surface area contributed by atoms with Gasteiger partial charge >= 0.3 is 0 Å². The lowest BCUT2D eigenvalue weighted by atomic mass is 9.83. The molecule has 0 aromatic heterocycles. The van der Waals surface area contributed by atoms with Gasteiger partial charge in [0.2, 0.25) is 0 Å². The summed E-state index contributed by atoms with van der Waals surface area (Å²) in [6.45, 7) is 7.78. The van der Waals surface area contributed by atoms with E-state index in [0.29, 0.717) is 0 Å². The van der Waals surface area contributed by atoms with Crippen LogP contribution in [0.3, 0.4) is 0 Å². The summed E-state index contributed by atoms with van der Waals surface area (Å²) in [5, 5.41) is 3.71. The van der Waals surface area contributed by atoms with Gasteiger partial charge in [-0.05, 0) is 50.0 Å². The van der Waals surface area contributed by atoms with Crippen LogP contribution in [0.1, 0.15) is 45.4 Å². The third kappa shape index (κ3) is 2.85. The molecule has 2 aliphatic heterocycles. The van der Waals surface area contributed by atoms with Crippen molar-refractivity contribution in [2.24, 2.45) is 17.8 Å². The van der Waals surface area contributed by atoms with E-state index in [1.54, 1.807) is 0 Å². The molecule has 1 aliphatic carbocycles. The second-order valence-electron chi connectivity index (χ2n) is 6.81. The Morgan fingerprint density at radius 1 is 1.06 bits per heavy atom. The Bertz CT molecular complexity index is 231. The van der Waals surface area contributed by atoms with E-state index in [9.17, 15) is 0 Å². The molecule has 1 N–H and O–H groups in total. The van der Waals surface area contributed by atoms with Gasteiger partial charge in [-0.2, -0.15) is 0 Å². The van der Waals surface area contributed by atoms with E-state index in [-0.39, 0.29) is 0 Å². The maximum Gasteiger partial charge on any atom is 0.0235 e. The molecule has 0 radical (unpaired) electrons. The van der Waals surface area contributed by atoms with Crippen LogP contribution in [0, 0.1) is 17.8 Å². The smallest absolute Gasteiger partial charge is 0.0235 e. The topological polar surface area (TPSA) is 15.3 Å². The standard InChI is InChI=1S/C15H28N2/c1-12-4-6-13(7-5-12)9-17-10-14-3-2-8-16-15(14)11-17/h12-16H,2-11H2,1H3/t12?,13?,14-,15+/m0/s1. The average Bonchev–Trinajstić information content (AvgIpc) is 2.74. The monoisotopic (exact) mass is 236 g/mol. The van der Waals surface area contributed by atoms with E-state index >= 15 is 0 Å². The largest absolute Gasteiger partial charge is 0.312 e. The molecule has 2 heteroatoms. The van der Waals surface area contributed by atoms with Crippen LogP contribution in [0.2, 0.25) is 0 Å². The highest BCUT2D eigenvalue weighted by atomic mass is 15.2. The van der Waals surface area contributed by atoms with E-state index in [1.165, 1.54) is 64.7 Å². The Morgan fingerprint density at radius 3 is 2.65 bits per heavy atom. The van der Waals surface area contributed by atoms with Gasteiger partial charge in [0, 0.05) is 25.7 Å². The molecule has 17 heavy (non-hydrogen) atoms. The van der Waals surface area contributed by atoms with Crippen LogP contribution in [0.5, 0.6) is 0 Å². The van der Waals surface area contributed by atoms with Gasteiger partial charge < -0.3 is 10.2 Å². The van der Waals surface area contributed by atoms with Crippen molar-refractivity contribution in [3.63, 3.8) is 0 Å². The third-order valence-corrected chi connectivity index (χ3v) is 5.33. The molecule has 1 saturated carbocycles. The lowest BCUT2D eigenvalue weighted by molar-refractivity contribution is 0.204. The molecule has 3 aliphatic rings. The molecule has 2 nitrogen and oxygen atoms in total. The fourth-order valence-electron chi connectivity index (χ4n) is 4.16. The average molecular weight is 236 g/mol. The number of nitrogens with zero attached hydrogens (tertiary/aromatic N) is 1. The summed E-state index contributed by atoms with van der Waals surface area (Å²) < 4.78 is 0. The maximum absolute atomic E-state index is 3.71. The quantitative estimate of drug-likeness (QED) is 0.792. The Morgan fingerprint density at radius 2 is 1.88 bits per heavy atom. The van der Waals surface area contributed by atoms with Crippen LogP contribution in [-0.4, -0.2) is 37.1 Å². The Hall–Kier alpha value is -0.0800. The number of nitrogens with one attached hydrogen (secondary N) is 1. The Balaban J connectivity index is 1.46. The van der Waals surface area contributed by atoms with Gasteiger partial charge in [0.1, 0.15) is 0 Å². The predicted octanol–water partition coefficient (Wildman–Crippen LogP) is 2.50. The van der Waals surface area contributed by atoms with Gasteiger partial charge in [-0.3, -0.25) is 0 Å². The first-order valence-electron chi connectivity index (χ1n) is 7.77. The highest BCUT2D eigenvalue weighted by molar-refractivity contribution is 4.92. The zero-order valence-corrected chi connectivity index (χ0v) is 11.3. The Kier molecular flexibility index (Phi) is 3.72. The molecule has 0 aromatic rings. The van der Waals surface area contributed by atoms with Crippen molar-refractivity contribution < 1.29 is 0 Å². The summed E-state index contributed by atoms with van der Waals surface area (Å²) in [5.74, 6) is 2.96. The van der Waals surface area contributed by atoms with Gasteiger partial charge in [-0.25, -0.2) is 0 Å². The third-order valence-electron chi connectivity index (χ3n) is 5.33. The van der Waals surface area contributed by atoms with E-state index < -0.39 is 0 Å². The van der Waals surface area contributed by atoms with Crippen molar-refractivity contribution in [3.05, 3.63) is 0 Å². The summed E-state index contributed by atoms with van der Waals surface area (Å²) in [4.78, 5) is 2.76. The van der Waals surface area contributed by atoms with Crippen molar-refractivity contribution in [1.82, 2.24) is 10.2 Å². The van der Waals surface area contributed by atoms with Crippen LogP contribution < -0.4 is 5.32 Å².